The van der Waals surface area contributed by atoms with Gasteiger partial charge < -0.3 is 4.57 Å². The van der Waals surface area contributed by atoms with E-state index in [0.29, 0.717) is 21.7 Å². The van der Waals surface area contributed by atoms with Crippen LogP contribution >= 0.6 is 22.9 Å². The zero-order chi connectivity index (χ0) is 27.9. The van der Waals surface area contributed by atoms with Crippen LogP contribution < -0.4 is 0 Å². The van der Waals surface area contributed by atoms with E-state index in [2.05, 4.69) is 29.5 Å². The number of hydrogen-bond acceptors (Lipinski definition) is 5. The summed E-state index contributed by atoms with van der Waals surface area (Å²) in [4.78, 5) is 9.49. The Morgan fingerprint density at radius 2 is 1.74 bits per heavy atom. The first kappa shape index (κ1) is 28.1. The average Bonchev–Trinajstić information content (AvgIpc) is 3.52. The van der Waals surface area contributed by atoms with E-state index in [1.54, 1.807) is 17.5 Å². The molecule has 0 N–H and O–H groups in total. The molecule has 39 heavy (non-hydrogen) atoms. The second-order valence-corrected chi connectivity index (χ2v) is 13.5. The zero-order valence-corrected chi connectivity index (χ0v) is 23.8. The zero-order valence-electron chi connectivity index (χ0n) is 21.4. The predicted molar refractivity (Wildman–Crippen MR) is 148 cm³/mol. The van der Waals surface area contributed by atoms with Crippen LogP contribution in [0.4, 0.5) is 13.2 Å². The molecular formula is C27H28ClF3N4O2S2. The van der Waals surface area contributed by atoms with E-state index in [1.807, 2.05) is 41.8 Å². The summed E-state index contributed by atoms with van der Waals surface area (Å²) in [6.45, 7) is 3.79. The van der Waals surface area contributed by atoms with E-state index in [4.69, 9.17) is 16.6 Å². The van der Waals surface area contributed by atoms with Gasteiger partial charge in [-0.2, -0.15) is 17.5 Å². The van der Waals surface area contributed by atoms with Crippen molar-refractivity contribution in [3.05, 3.63) is 81.0 Å². The van der Waals surface area contributed by atoms with Gasteiger partial charge in [0.1, 0.15) is 10.8 Å². The highest BCUT2D eigenvalue weighted by atomic mass is 35.5. The molecule has 1 atom stereocenters. The van der Waals surface area contributed by atoms with Gasteiger partial charge in [0.05, 0.1) is 17.0 Å². The molecule has 5 rings (SSSR count). The molecule has 1 saturated heterocycles. The van der Waals surface area contributed by atoms with E-state index in [-0.39, 0.29) is 37.9 Å². The molecule has 0 amide bonds. The van der Waals surface area contributed by atoms with Gasteiger partial charge in [0, 0.05) is 42.2 Å². The molecule has 0 aliphatic carbocycles. The van der Waals surface area contributed by atoms with Gasteiger partial charge in [0.15, 0.2) is 0 Å². The van der Waals surface area contributed by atoms with Crippen LogP contribution in [0.25, 0.3) is 11.0 Å². The number of sulfonamides is 1. The summed E-state index contributed by atoms with van der Waals surface area (Å²) in [6.07, 6.45) is 3.00. The number of aromatic nitrogens is 3. The Morgan fingerprint density at radius 1 is 1.08 bits per heavy atom. The maximum Gasteiger partial charge on any atom is 0.511 e. The topological polar surface area (TPSA) is 68.1 Å². The minimum atomic E-state index is -5.35. The molecule has 0 radical (unpaired) electrons. The van der Waals surface area contributed by atoms with Crippen molar-refractivity contribution >= 4 is 44.0 Å². The van der Waals surface area contributed by atoms with Gasteiger partial charge in [-0.1, -0.05) is 43.6 Å². The molecule has 1 aliphatic heterocycles. The molecule has 0 bridgehead atoms. The van der Waals surface area contributed by atoms with Crippen LogP contribution in [-0.2, 0) is 16.4 Å². The lowest BCUT2D eigenvalue weighted by Gasteiger charge is -2.33. The Balaban J connectivity index is 1.56. The summed E-state index contributed by atoms with van der Waals surface area (Å²) in [6, 6.07) is 13.6. The number of imidazole rings is 1. The predicted octanol–water partition coefficient (Wildman–Crippen LogP) is 7.01. The lowest BCUT2D eigenvalue weighted by Crippen LogP contribution is -2.45. The molecule has 1 fully saturated rings. The molecule has 0 saturated carbocycles. The molecule has 208 valence electrons. The van der Waals surface area contributed by atoms with Crippen LogP contribution in [0.5, 0.6) is 0 Å². The van der Waals surface area contributed by atoms with Gasteiger partial charge in [-0.05, 0) is 54.2 Å². The molecular weight excluding hydrogens is 569 g/mol. The number of alkyl halides is 3. The quantitative estimate of drug-likeness (QED) is 0.230. The molecule has 2 aromatic heterocycles. The summed E-state index contributed by atoms with van der Waals surface area (Å²) in [5, 5.41) is 3.50. The van der Waals surface area contributed by atoms with Gasteiger partial charge >= 0.3 is 15.5 Å². The molecule has 4 aromatic rings. The fourth-order valence-corrected chi connectivity index (χ4v) is 7.15. The Labute approximate surface area is 234 Å². The maximum absolute atomic E-state index is 13.1. The van der Waals surface area contributed by atoms with Crippen LogP contribution in [-0.4, -0.2) is 45.9 Å². The summed E-state index contributed by atoms with van der Waals surface area (Å²) in [5.41, 5.74) is -1.57. The van der Waals surface area contributed by atoms with Crippen molar-refractivity contribution in [3.8, 4) is 0 Å². The van der Waals surface area contributed by atoms with E-state index < -0.39 is 15.5 Å². The van der Waals surface area contributed by atoms with Crippen LogP contribution in [0.15, 0.2) is 54.0 Å². The van der Waals surface area contributed by atoms with Crippen LogP contribution in [0.3, 0.4) is 0 Å². The van der Waals surface area contributed by atoms with Crippen molar-refractivity contribution in [3.63, 3.8) is 0 Å². The lowest BCUT2D eigenvalue weighted by molar-refractivity contribution is -0.0496. The third-order valence-electron chi connectivity index (χ3n) is 7.03. The molecule has 12 heteroatoms. The third-order valence-corrected chi connectivity index (χ3v) is 9.76. The minimum absolute atomic E-state index is 0.137. The monoisotopic (exact) mass is 596 g/mol. The number of thiazole rings is 1. The van der Waals surface area contributed by atoms with Crippen LogP contribution in [0.2, 0.25) is 5.02 Å². The van der Waals surface area contributed by atoms with Crippen molar-refractivity contribution in [2.45, 2.75) is 50.6 Å². The Morgan fingerprint density at radius 3 is 2.33 bits per heavy atom. The Hall–Kier alpha value is -2.47. The van der Waals surface area contributed by atoms with Gasteiger partial charge in [0.2, 0.25) is 0 Å². The summed E-state index contributed by atoms with van der Waals surface area (Å²) in [5.74, 6) is 1.02. The Bertz CT molecular complexity index is 1540. The number of fused-ring (bicyclic) bond motifs is 1. The summed E-state index contributed by atoms with van der Waals surface area (Å²) >= 11 is 7.71. The number of benzene rings is 2. The van der Waals surface area contributed by atoms with Crippen LogP contribution in [0.1, 0.15) is 60.6 Å². The smallest absolute Gasteiger partial charge is 0.325 e. The Kier molecular flexibility index (Phi) is 7.80. The second kappa shape index (κ2) is 10.8. The van der Waals surface area contributed by atoms with Crippen LogP contribution in [0, 0.1) is 5.92 Å². The van der Waals surface area contributed by atoms with Gasteiger partial charge in [-0.25, -0.2) is 18.4 Å². The first-order chi connectivity index (χ1) is 18.5. The maximum atomic E-state index is 13.1. The SMILES string of the molecule is CC(C)Cc1nc2ccc(C(c3ccc(Cl)cc3)c3nccs3)cc2n1C1CCN(S(=O)(=O)C(F)(F)F)CC1. The number of rotatable bonds is 7. The van der Waals surface area contributed by atoms with Crippen molar-refractivity contribution < 1.29 is 21.6 Å². The van der Waals surface area contributed by atoms with E-state index in [9.17, 15) is 21.6 Å². The fraction of sp³-hybridized carbons (Fsp3) is 0.407. The largest absolute Gasteiger partial charge is 0.511 e. The summed E-state index contributed by atoms with van der Waals surface area (Å²) in [7, 11) is -5.35. The standard InChI is InChI=1S/C27H28ClF3N4O2S2/c1-17(2)15-24-33-22-8-5-19(25(26-32-11-14-38-26)18-3-6-20(28)7-4-18)16-23(22)35(24)21-9-12-34(13-10-21)39(36,37)27(29,30)31/h3-8,11,14,16-17,21,25H,9-10,12-13,15H2,1-2H3. The minimum Gasteiger partial charge on any atom is -0.325 e. The van der Waals surface area contributed by atoms with Crippen molar-refractivity contribution in [2.24, 2.45) is 5.92 Å². The molecule has 2 aromatic carbocycles. The van der Waals surface area contributed by atoms with E-state index >= 15 is 0 Å². The molecule has 1 aliphatic rings. The molecule has 0 spiro atoms. The molecule has 1 unspecified atom stereocenters. The van der Waals surface area contributed by atoms with Crippen molar-refractivity contribution in [1.82, 2.24) is 18.8 Å². The first-order valence-corrected chi connectivity index (χ1v) is 15.4. The molecule has 3 heterocycles. The number of nitrogens with zero attached hydrogens (tertiary/aromatic N) is 4. The highest BCUT2D eigenvalue weighted by Crippen LogP contribution is 2.38. The number of halogens is 4. The van der Waals surface area contributed by atoms with Crippen molar-refractivity contribution in [2.75, 3.05) is 13.1 Å². The second-order valence-electron chi connectivity index (χ2n) is 10.2. The van der Waals surface area contributed by atoms with E-state index in [0.717, 1.165) is 33.0 Å². The number of hydrogen-bond donors (Lipinski definition) is 0. The van der Waals surface area contributed by atoms with Gasteiger partial charge in [-0.15, -0.1) is 11.3 Å². The highest BCUT2D eigenvalue weighted by molar-refractivity contribution is 7.90. The normalized spacial score (nSPS) is 16.8. The van der Waals surface area contributed by atoms with E-state index in [1.165, 1.54) is 0 Å². The average molecular weight is 597 g/mol. The lowest BCUT2D eigenvalue weighted by atomic mass is 9.91. The molecule has 6 nitrogen and oxygen atoms in total. The third kappa shape index (κ3) is 5.59. The fourth-order valence-electron chi connectivity index (χ4n) is 5.25. The highest BCUT2D eigenvalue weighted by Gasteiger charge is 2.50. The van der Waals surface area contributed by atoms with Crippen molar-refractivity contribution in [1.29, 1.82) is 0 Å². The first-order valence-electron chi connectivity index (χ1n) is 12.7. The number of piperidine rings is 1. The van der Waals surface area contributed by atoms with Gasteiger partial charge in [0.25, 0.3) is 0 Å². The summed E-state index contributed by atoms with van der Waals surface area (Å²) < 4.78 is 66.1. The van der Waals surface area contributed by atoms with Gasteiger partial charge in [-0.3, -0.25) is 0 Å².